The Morgan fingerprint density at radius 3 is 2.59 bits per heavy atom. The standard InChI is InChI=1S/C26H24N4O4/c1-15(2)16-7-6-8-18(13-16)30-23(31)19-9-4-5-10-20(19)26(30,34)17-11-12-21-22(14-17)28-24(27-21)29(3)25(32)33/h4-15,34H,1-3H3,(H,27,28)(H,32,33). The number of carbonyl (C=O) groups excluding carboxylic acids is 1. The maximum absolute atomic E-state index is 13.6. The second-order valence-corrected chi connectivity index (χ2v) is 8.74. The minimum Gasteiger partial charge on any atom is -0.465 e. The predicted molar refractivity (Wildman–Crippen MR) is 129 cm³/mol. The van der Waals surface area contributed by atoms with Crippen LogP contribution < -0.4 is 9.80 Å². The van der Waals surface area contributed by atoms with E-state index in [0.717, 1.165) is 10.5 Å². The van der Waals surface area contributed by atoms with Gasteiger partial charge in [-0.2, -0.15) is 0 Å². The Labute approximate surface area is 196 Å². The molecule has 1 aliphatic heterocycles. The van der Waals surface area contributed by atoms with Gasteiger partial charge in [0.2, 0.25) is 5.95 Å². The second-order valence-electron chi connectivity index (χ2n) is 8.74. The lowest BCUT2D eigenvalue weighted by molar-refractivity contribution is 0.0704. The van der Waals surface area contributed by atoms with E-state index in [0.29, 0.717) is 33.4 Å². The molecular formula is C26H24N4O4. The first kappa shape index (κ1) is 21.7. The lowest BCUT2D eigenvalue weighted by Crippen LogP contribution is -2.45. The predicted octanol–water partition coefficient (Wildman–Crippen LogP) is 4.65. The molecule has 1 aromatic heterocycles. The SMILES string of the molecule is CC(C)c1cccc(N2C(=O)c3ccccc3C2(O)c2ccc3nc(N(C)C(=O)O)[nH]c3c2)c1. The zero-order valence-electron chi connectivity index (χ0n) is 19.0. The third kappa shape index (κ3) is 3.14. The van der Waals surface area contributed by atoms with Crippen molar-refractivity contribution in [1.82, 2.24) is 9.97 Å². The molecule has 0 saturated heterocycles. The summed E-state index contributed by atoms with van der Waals surface area (Å²) in [5.74, 6) is 0.116. The van der Waals surface area contributed by atoms with Crippen molar-refractivity contribution in [2.75, 3.05) is 16.8 Å². The third-order valence-corrected chi connectivity index (χ3v) is 6.33. The number of carbonyl (C=O) groups is 2. The zero-order valence-corrected chi connectivity index (χ0v) is 19.0. The molecule has 3 aromatic carbocycles. The molecule has 8 nitrogen and oxygen atoms in total. The topological polar surface area (TPSA) is 110 Å². The number of hydrogen-bond donors (Lipinski definition) is 3. The average molecular weight is 457 g/mol. The maximum atomic E-state index is 13.6. The number of nitrogens with zero attached hydrogens (tertiary/aromatic N) is 3. The van der Waals surface area contributed by atoms with Crippen molar-refractivity contribution in [3.8, 4) is 0 Å². The summed E-state index contributed by atoms with van der Waals surface area (Å²) in [7, 11) is 1.39. The van der Waals surface area contributed by atoms with Gasteiger partial charge >= 0.3 is 6.09 Å². The minimum atomic E-state index is -1.76. The summed E-state index contributed by atoms with van der Waals surface area (Å²) in [5.41, 5.74) is 2.33. The molecule has 2 amide bonds. The van der Waals surface area contributed by atoms with E-state index in [-0.39, 0.29) is 17.8 Å². The number of amides is 2. The number of fused-ring (bicyclic) bond motifs is 2. The van der Waals surface area contributed by atoms with E-state index in [1.165, 1.54) is 11.9 Å². The first-order valence-electron chi connectivity index (χ1n) is 10.9. The van der Waals surface area contributed by atoms with Crippen LogP contribution in [0, 0.1) is 0 Å². The fourth-order valence-corrected chi connectivity index (χ4v) is 4.44. The number of imidazole rings is 1. The molecule has 1 unspecified atom stereocenters. The van der Waals surface area contributed by atoms with Gasteiger partial charge in [0.05, 0.1) is 11.0 Å². The van der Waals surface area contributed by atoms with E-state index >= 15 is 0 Å². The molecule has 0 radical (unpaired) electrons. The number of aromatic nitrogens is 2. The maximum Gasteiger partial charge on any atom is 0.413 e. The quantitative estimate of drug-likeness (QED) is 0.414. The Morgan fingerprint density at radius 2 is 1.85 bits per heavy atom. The van der Waals surface area contributed by atoms with Crippen molar-refractivity contribution >= 4 is 34.7 Å². The number of benzene rings is 3. The van der Waals surface area contributed by atoms with Crippen molar-refractivity contribution in [2.45, 2.75) is 25.5 Å². The summed E-state index contributed by atoms with van der Waals surface area (Å²) in [6.45, 7) is 4.15. The van der Waals surface area contributed by atoms with Crippen LogP contribution in [0.5, 0.6) is 0 Å². The molecule has 0 spiro atoms. The Kier molecular flexibility index (Phi) is 4.91. The van der Waals surface area contributed by atoms with Gasteiger partial charge in [-0.25, -0.2) is 9.78 Å². The number of aliphatic hydroxyl groups is 1. The summed E-state index contributed by atoms with van der Waals surface area (Å²) in [4.78, 5) is 34.6. The van der Waals surface area contributed by atoms with Crippen LogP contribution in [0.1, 0.15) is 46.8 Å². The van der Waals surface area contributed by atoms with Crippen molar-refractivity contribution < 1.29 is 19.8 Å². The van der Waals surface area contributed by atoms with E-state index in [4.69, 9.17) is 0 Å². The lowest BCUT2D eigenvalue weighted by Gasteiger charge is -2.35. The highest BCUT2D eigenvalue weighted by Gasteiger charge is 2.50. The lowest BCUT2D eigenvalue weighted by atomic mass is 9.93. The van der Waals surface area contributed by atoms with E-state index in [1.54, 1.807) is 42.5 Å². The molecular weight excluding hydrogens is 432 g/mol. The van der Waals surface area contributed by atoms with Gasteiger partial charge in [0.25, 0.3) is 5.91 Å². The first-order chi connectivity index (χ1) is 16.2. The fourth-order valence-electron chi connectivity index (χ4n) is 4.44. The summed E-state index contributed by atoms with van der Waals surface area (Å²) in [6.07, 6.45) is -1.15. The number of nitrogens with one attached hydrogen (secondary N) is 1. The van der Waals surface area contributed by atoms with Crippen LogP contribution >= 0.6 is 0 Å². The number of carboxylic acid groups (broad SMARTS) is 1. The Bertz CT molecular complexity index is 1440. The average Bonchev–Trinajstić information content (AvgIpc) is 3.36. The van der Waals surface area contributed by atoms with Crippen molar-refractivity contribution in [2.24, 2.45) is 0 Å². The van der Waals surface area contributed by atoms with Crippen molar-refractivity contribution in [3.05, 3.63) is 89.0 Å². The van der Waals surface area contributed by atoms with Crippen LogP contribution in [0.2, 0.25) is 0 Å². The Hall–Kier alpha value is -4.17. The highest BCUT2D eigenvalue weighted by molar-refractivity contribution is 6.12. The van der Waals surface area contributed by atoms with Crippen LogP contribution in [0.15, 0.2) is 66.7 Å². The van der Waals surface area contributed by atoms with Crippen LogP contribution in [-0.4, -0.2) is 39.2 Å². The number of aromatic amines is 1. The molecule has 3 N–H and O–H groups in total. The smallest absolute Gasteiger partial charge is 0.413 e. The summed E-state index contributed by atoms with van der Waals surface area (Å²) in [6, 6.07) is 19.8. The molecule has 34 heavy (non-hydrogen) atoms. The monoisotopic (exact) mass is 456 g/mol. The van der Waals surface area contributed by atoms with Gasteiger partial charge in [-0.1, -0.05) is 50.2 Å². The molecule has 1 aliphatic rings. The van der Waals surface area contributed by atoms with Crippen LogP contribution in [0.25, 0.3) is 11.0 Å². The third-order valence-electron chi connectivity index (χ3n) is 6.33. The minimum absolute atomic E-state index is 0.163. The van der Waals surface area contributed by atoms with Gasteiger partial charge < -0.3 is 15.2 Å². The van der Waals surface area contributed by atoms with Gasteiger partial charge in [0, 0.05) is 29.4 Å². The molecule has 2 heterocycles. The largest absolute Gasteiger partial charge is 0.465 e. The summed E-state index contributed by atoms with van der Waals surface area (Å²) >= 11 is 0. The van der Waals surface area contributed by atoms with Crippen LogP contribution in [-0.2, 0) is 5.72 Å². The fraction of sp³-hybridized carbons (Fsp3) is 0.192. The van der Waals surface area contributed by atoms with E-state index in [2.05, 4.69) is 23.8 Å². The van der Waals surface area contributed by atoms with Gasteiger partial charge in [-0.15, -0.1) is 0 Å². The van der Waals surface area contributed by atoms with Gasteiger partial charge in [0.1, 0.15) is 0 Å². The van der Waals surface area contributed by atoms with Crippen molar-refractivity contribution in [3.63, 3.8) is 0 Å². The van der Waals surface area contributed by atoms with Gasteiger partial charge in [0.15, 0.2) is 5.72 Å². The molecule has 0 fully saturated rings. The van der Waals surface area contributed by atoms with Crippen LogP contribution in [0.3, 0.4) is 0 Å². The van der Waals surface area contributed by atoms with Gasteiger partial charge in [-0.05, 0) is 41.8 Å². The Morgan fingerprint density at radius 1 is 1.09 bits per heavy atom. The molecule has 8 heteroatoms. The number of anilines is 2. The number of H-pyrrole nitrogens is 1. The normalized spacial score (nSPS) is 17.4. The molecule has 172 valence electrons. The summed E-state index contributed by atoms with van der Waals surface area (Å²) < 4.78 is 0. The highest BCUT2D eigenvalue weighted by atomic mass is 16.4. The molecule has 1 atom stereocenters. The van der Waals surface area contributed by atoms with E-state index < -0.39 is 11.8 Å². The molecule has 0 aliphatic carbocycles. The number of rotatable bonds is 4. The molecule has 4 aromatic rings. The van der Waals surface area contributed by atoms with E-state index in [9.17, 15) is 19.8 Å². The first-order valence-corrected chi connectivity index (χ1v) is 10.9. The molecule has 0 bridgehead atoms. The van der Waals surface area contributed by atoms with Crippen LogP contribution in [0.4, 0.5) is 16.4 Å². The van der Waals surface area contributed by atoms with Gasteiger partial charge in [-0.3, -0.25) is 14.6 Å². The molecule has 0 saturated carbocycles. The zero-order chi connectivity index (χ0) is 24.2. The molecule has 5 rings (SSSR count). The number of hydrogen-bond acceptors (Lipinski definition) is 4. The second kappa shape index (κ2) is 7.71. The van der Waals surface area contributed by atoms with E-state index in [1.807, 2.05) is 24.3 Å². The van der Waals surface area contributed by atoms with Crippen molar-refractivity contribution in [1.29, 1.82) is 0 Å². The summed E-state index contributed by atoms with van der Waals surface area (Å²) in [5, 5.41) is 21.5. The Balaban J connectivity index is 1.71. The highest BCUT2D eigenvalue weighted by Crippen LogP contribution is 2.45.